The zero-order valence-corrected chi connectivity index (χ0v) is 23.3. The van der Waals surface area contributed by atoms with E-state index in [0.717, 1.165) is 33.1 Å². The summed E-state index contributed by atoms with van der Waals surface area (Å²) in [5.41, 5.74) is 4.69. The summed E-state index contributed by atoms with van der Waals surface area (Å²) >= 11 is 0. The first-order chi connectivity index (χ1) is 20.4. The topological polar surface area (TPSA) is 106 Å². The van der Waals surface area contributed by atoms with Gasteiger partial charge in [-0.2, -0.15) is 0 Å². The number of carbonyl (C=O) groups is 2. The minimum Gasteiger partial charge on any atom is -0.507 e. The number of esters is 1. The van der Waals surface area contributed by atoms with Gasteiger partial charge in [-0.25, -0.2) is 14.8 Å². The number of nitrogens with zero attached hydrogens (tertiary/aromatic N) is 3. The molecule has 0 aliphatic carbocycles. The van der Waals surface area contributed by atoms with Crippen LogP contribution in [0.3, 0.4) is 0 Å². The summed E-state index contributed by atoms with van der Waals surface area (Å²) in [6, 6.07) is 28.8. The van der Waals surface area contributed by atoms with Crippen molar-refractivity contribution >= 4 is 39.5 Å². The molecule has 0 bridgehead atoms. The van der Waals surface area contributed by atoms with Crippen molar-refractivity contribution in [3.05, 3.63) is 108 Å². The first-order valence-electron chi connectivity index (χ1n) is 13.9. The number of rotatable bonds is 8. The van der Waals surface area contributed by atoms with E-state index < -0.39 is 17.9 Å². The standard InChI is InChI=1S/C34H30N4O4/c1-21(2)18-28(34(41)42-20-22-10-4-3-5-11-22)37-33(40)25-19-23(16-17-30(25)39)31-35-26-13-7-6-12-24(26)32-36-27-14-8-9-15-29(27)38(31)32/h3-17,19,21,28,39H,18,20H2,1-2H3,(H,37,40)/t28-/m0/s1. The van der Waals surface area contributed by atoms with Crippen molar-refractivity contribution in [2.24, 2.45) is 5.92 Å². The van der Waals surface area contributed by atoms with Gasteiger partial charge in [-0.05, 0) is 60.4 Å². The Morgan fingerprint density at radius 2 is 1.60 bits per heavy atom. The van der Waals surface area contributed by atoms with Crippen LogP contribution in [-0.2, 0) is 16.1 Å². The summed E-state index contributed by atoms with van der Waals surface area (Å²) in [7, 11) is 0. The number of aromatic hydroxyl groups is 1. The predicted molar refractivity (Wildman–Crippen MR) is 162 cm³/mol. The zero-order valence-electron chi connectivity index (χ0n) is 23.3. The molecule has 1 atom stereocenters. The van der Waals surface area contributed by atoms with E-state index in [1.165, 1.54) is 6.07 Å². The van der Waals surface area contributed by atoms with E-state index in [-0.39, 0.29) is 23.8 Å². The van der Waals surface area contributed by atoms with E-state index >= 15 is 0 Å². The van der Waals surface area contributed by atoms with Crippen LogP contribution >= 0.6 is 0 Å². The molecule has 0 saturated heterocycles. The summed E-state index contributed by atoms with van der Waals surface area (Å²) in [6.45, 7) is 4.04. The summed E-state index contributed by atoms with van der Waals surface area (Å²) in [5.74, 6) is -0.621. The zero-order chi connectivity index (χ0) is 29.2. The maximum absolute atomic E-state index is 13.5. The Morgan fingerprint density at radius 1 is 0.881 bits per heavy atom. The molecule has 2 aromatic heterocycles. The van der Waals surface area contributed by atoms with Gasteiger partial charge in [-0.3, -0.25) is 9.20 Å². The molecule has 0 aliphatic heterocycles. The van der Waals surface area contributed by atoms with Gasteiger partial charge in [0.1, 0.15) is 29.9 Å². The van der Waals surface area contributed by atoms with E-state index in [2.05, 4.69) is 5.32 Å². The third-order valence-corrected chi connectivity index (χ3v) is 7.16. The van der Waals surface area contributed by atoms with Crippen LogP contribution in [0.5, 0.6) is 5.75 Å². The highest BCUT2D eigenvalue weighted by atomic mass is 16.5. The highest BCUT2D eigenvalue weighted by Gasteiger charge is 2.26. The average molecular weight is 559 g/mol. The number of carbonyl (C=O) groups excluding carboxylic acids is 2. The van der Waals surface area contributed by atoms with Gasteiger partial charge in [0.2, 0.25) is 0 Å². The Bertz CT molecular complexity index is 1930. The number of para-hydroxylation sites is 3. The van der Waals surface area contributed by atoms with Gasteiger partial charge in [0.05, 0.1) is 22.1 Å². The average Bonchev–Trinajstić information content (AvgIpc) is 3.40. The molecule has 6 aromatic rings. The number of amides is 1. The monoisotopic (exact) mass is 558 g/mol. The summed E-state index contributed by atoms with van der Waals surface area (Å²) < 4.78 is 7.50. The number of hydrogen-bond acceptors (Lipinski definition) is 6. The third kappa shape index (κ3) is 5.26. The van der Waals surface area contributed by atoms with Gasteiger partial charge in [0.25, 0.3) is 5.91 Å². The fraction of sp³-hybridized carbons (Fsp3) is 0.176. The number of fused-ring (bicyclic) bond motifs is 5. The van der Waals surface area contributed by atoms with E-state index in [1.807, 2.05) is 97.1 Å². The Hall–Kier alpha value is -5.24. The largest absolute Gasteiger partial charge is 0.507 e. The second kappa shape index (κ2) is 11.3. The molecule has 4 aromatic carbocycles. The highest BCUT2D eigenvalue weighted by molar-refractivity contribution is 6.01. The molecule has 0 radical (unpaired) electrons. The van der Waals surface area contributed by atoms with E-state index in [9.17, 15) is 14.7 Å². The Kier molecular flexibility index (Phi) is 7.27. The van der Waals surface area contributed by atoms with Crippen molar-refractivity contribution in [1.82, 2.24) is 19.7 Å². The van der Waals surface area contributed by atoms with Crippen LogP contribution in [0.25, 0.3) is 39.0 Å². The molecule has 1 amide bonds. The third-order valence-electron chi connectivity index (χ3n) is 7.16. The molecule has 0 spiro atoms. The first kappa shape index (κ1) is 27.0. The molecule has 2 N–H and O–H groups in total. The number of hydrogen-bond donors (Lipinski definition) is 2. The fourth-order valence-electron chi connectivity index (χ4n) is 5.15. The molecular weight excluding hydrogens is 528 g/mol. The van der Waals surface area contributed by atoms with Gasteiger partial charge in [-0.15, -0.1) is 0 Å². The lowest BCUT2D eigenvalue weighted by molar-refractivity contribution is -0.147. The van der Waals surface area contributed by atoms with Crippen LogP contribution in [0.4, 0.5) is 0 Å². The van der Waals surface area contributed by atoms with Gasteiger partial charge < -0.3 is 15.2 Å². The molecule has 6 rings (SSSR count). The lowest BCUT2D eigenvalue weighted by atomic mass is 10.0. The normalized spacial score (nSPS) is 12.2. The lowest BCUT2D eigenvalue weighted by Gasteiger charge is -2.20. The molecule has 0 saturated carbocycles. The van der Waals surface area contributed by atoms with Crippen molar-refractivity contribution in [2.75, 3.05) is 0 Å². The van der Waals surface area contributed by atoms with Crippen molar-refractivity contribution in [1.29, 1.82) is 0 Å². The van der Waals surface area contributed by atoms with Crippen LogP contribution in [0, 0.1) is 5.92 Å². The first-order valence-corrected chi connectivity index (χ1v) is 13.9. The predicted octanol–water partition coefficient (Wildman–Crippen LogP) is 6.30. The van der Waals surface area contributed by atoms with Gasteiger partial charge >= 0.3 is 5.97 Å². The van der Waals surface area contributed by atoms with Gasteiger partial charge in [0, 0.05) is 10.9 Å². The molecule has 0 unspecified atom stereocenters. The van der Waals surface area contributed by atoms with Crippen molar-refractivity contribution in [3.8, 4) is 17.1 Å². The summed E-state index contributed by atoms with van der Waals surface area (Å²) in [5, 5.41) is 14.4. The Labute approximate surface area is 242 Å². The molecule has 2 heterocycles. The SMILES string of the molecule is CC(C)C[C@H](NC(=O)c1cc(-c2nc3ccccc3c3nc4ccccc4n23)ccc1O)C(=O)OCc1ccccc1. The number of aromatic nitrogens is 3. The van der Waals surface area contributed by atoms with Crippen molar-refractivity contribution in [3.63, 3.8) is 0 Å². The van der Waals surface area contributed by atoms with Crippen LogP contribution in [0.2, 0.25) is 0 Å². The molecule has 8 heteroatoms. The maximum atomic E-state index is 13.5. The summed E-state index contributed by atoms with van der Waals surface area (Å²) in [4.78, 5) is 36.4. The van der Waals surface area contributed by atoms with Crippen molar-refractivity contribution < 1.29 is 19.4 Å². The van der Waals surface area contributed by atoms with E-state index in [1.54, 1.807) is 12.1 Å². The second-order valence-corrected chi connectivity index (χ2v) is 10.7. The van der Waals surface area contributed by atoms with Crippen LogP contribution in [0.15, 0.2) is 97.1 Å². The molecule has 210 valence electrons. The molecule has 8 nitrogen and oxygen atoms in total. The number of phenols is 1. The van der Waals surface area contributed by atoms with Gasteiger partial charge in [-0.1, -0.05) is 68.4 Å². The quantitative estimate of drug-likeness (QED) is 0.213. The van der Waals surface area contributed by atoms with E-state index in [0.29, 0.717) is 17.8 Å². The Balaban J connectivity index is 1.36. The smallest absolute Gasteiger partial charge is 0.328 e. The van der Waals surface area contributed by atoms with Gasteiger partial charge in [0.15, 0.2) is 0 Å². The van der Waals surface area contributed by atoms with Crippen LogP contribution in [0.1, 0.15) is 36.2 Å². The molecule has 0 fully saturated rings. The fourth-order valence-corrected chi connectivity index (χ4v) is 5.15. The van der Waals surface area contributed by atoms with E-state index in [4.69, 9.17) is 14.7 Å². The van der Waals surface area contributed by atoms with Crippen LogP contribution in [-0.4, -0.2) is 37.4 Å². The van der Waals surface area contributed by atoms with Crippen LogP contribution < -0.4 is 5.32 Å². The second-order valence-electron chi connectivity index (χ2n) is 10.7. The number of imidazole rings is 1. The number of benzene rings is 4. The number of nitrogens with one attached hydrogen (secondary N) is 1. The molecule has 0 aliphatic rings. The molecule has 42 heavy (non-hydrogen) atoms. The minimum atomic E-state index is -0.882. The highest BCUT2D eigenvalue weighted by Crippen LogP contribution is 2.31. The number of ether oxygens (including phenoxy) is 1. The van der Waals surface area contributed by atoms with Crippen molar-refractivity contribution in [2.45, 2.75) is 32.9 Å². The maximum Gasteiger partial charge on any atom is 0.328 e. The Morgan fingerprint density at radius 3 is 2.38 bits per heavy atom. The summed E-state index contributed by atoms with van der Waals surface area (Å²) in [6.07, 6.45) is 0.383. The minimum absolute atomic E-state index is 0.0321. The molecular formula is C34H30N4O4. The lowest BCUT2D eigenvalue weighted by Crippen LogP contribution is -2.42. The number of phenolic OH excluding ortho intramolecular Hbond substituents is 1.